The molecule has 0 aliphatic carbocycles. The molecule has 3 aromatic rings. The number of halogens is 1. The number of thiophene rings is 1. The molecule has 1 aliphatic heterocycles. The van der Waals surface area contributed by atoms with Crippen LogP contribution in [0.25, 0.3) is 0 Å². The zero-order chi connectivity index (χ0) is 19.2. The Morgan fingerprint density at radius 2 is 1.74 bits per heavy atom. The SMILES string of the molecule is Cc1ccc([C@H]2CC(=O)Nc3c(S(=O)(=O)c4ccc(Cl)cc4)csc32)cc1. The van der Waals surface area contributed by atoms with E-state index in [1.807, 2.05) is 31.2 Å². The minimum atomic E-state index is -3.75. The monoisotopic (exact) mass is 417 g/mol. The first-order valence-corrected chi connectivity index (χ1v) is 11.1. The van der Waals surface area contributed by atoms with E-state index in [1.54, 1.807) is 17.5 Å². The van der Waals surface area contributed by atoms with E-state index in [9.17, 15) is 13.2 Å². The molecule has 0 bridgehead atoms. The summed E-state index contributed by atoms with van der Waals surface area (Å²) in [5.41, 5.74) is 2.54. The molecule has 1 N–H and O–H groups in total. The van der Waals surface area contributed by atoms with Crippen molar-refractivity contribution in [1.29, 1.82) is 0 Å². The van der Waals surface area contributed by atoms with Crippen LogP contribution < -0.4 is 5.32 Å². The molecule has 1 aromatic heterocycles. The van der Waals surface area contributed by atoms with E-state index in [2.05, 4.69) is 5.32 Å². The molecule has 0 spiro atoms. The Labute approximate surface area is 166 Å². The summed E-state index contributed by atoms with van der Waals surface area (Å²) in [4.78, 5) is 13.5. The number of nitrogens with one attached hydrogen (secondary N) is 1. The number of carbonyl (C=O) groups is 1. The third kappa shape index (κ3) is 3.29. The van der Waals surface area contributed by atoms with Crippen molar-refractivity contribution in [3.8, 4) is 0 Å². The highest BCUT2D eigenvalue weighted by Gasteiger charge is 2.34. The summed E-state index contributed by atoms with van der Waals surface area (Å²) in [7, 11) is -3.75. The molecule has 0 fully saturated rings. The van der Waals surface area contributed by atoms with Crippen molar-refractivity contribution < 1.29 is 13.2 Å². The molecule has 1 aliphatic rings. The third-order valence-corrected chi connectivity index (χ3v) is 7.94. The number of hydrogen-bond donors (Lipinski definition) is 1. The molecule has 1 amide bonds. The number of fused-ring (bicyclic) bond motifs is 1. The lowest BCUT2D eigenvalue weighted by Gasteiger charge is -2.24. The first-order valence-electron chi connectivity index (χ1n) is 8.35. The molecule has 1 atom stereocenters. The second kappa shape index (κ2) is 6.78. The lowest BCUT2D eigenvalue weighted by Crippen LogP contribution is -2.23. The molecule has 0 saturated carbocycles. The summed E-state index contributed by atoms with van der Waals surface area (Å²) in [5, 5.41) is 4.85. The predicted molar refractivity (Wildman–Crippen MR) is 107 cm³/mol. The van der Waals surface area contributed by atoms with Crippen molar-refractivity contribution in [1.82, 2.24) is 0 Å². The zero-order valence-electron chi connectivity index (χ0n) is 14.4. The molecule has 27 heavy (non-hydrogen) atoms. The number of sulfone groups is 1. The first-order chi connectivity index (χ1) is 12.9. The fourth-order valence-corrected chi connectivity index (χ4v) is 6.24. The van der Waals surface area contributed by atoms with Gasteiger partial charge < -0.3 is 5.32 Å². The fourth-order valence-electron chi connectivity index (χ4n) is 3.21. The van der Waals surface area contributed by atoms with Crippen molar-refractivity contribution in [2.45, 2.75) is 29.1 Å². The van der Waals surface area contributed by atoms with Crippen LogP contribution in [0.1, 0.15) is 28.3 Å². The molecule has 0 unspecified atom stereocenters. The van der Waals surface area contributed by atoms with Crippen molar-refractivity contribution >= 4 is 44.4 Å². The van der Waals surface area contributed by atoms with Gasteiger partial charge in [0.2, 0.25) is 15.7 Å². The molecule has 4 rings (SSSR count). The molecule has 0 radical (unpaired) electrons. The van der Waals surface area contributed by atoms with Crippen molar-refractivity contribution in [3.05, 3.63) is 74.9 Å². The van der Waals surface area contributed by atoms with Crippen molar-refractivity contribution in [2.75, 3.05) is 5.32 Å². The molecular weight excluding hydrogens is 402 g/mol. The number of aryl methyl sites for hydroxylation is 1. The fraction of sp³-hybridized carbons (Fsp3) is 0.150. The summed E-state index contributed by atoms with van der Waals surface area (Å²) in [5.74, 6) is -0.326. The van der Waals surface area contributed by atoms with Gasteiger partial charge >= 0.3 is 0 Å². The van der Waals surface area contributed by atoms with Gasteiger partial charge in [-0.3, -0.25) is 4.79 Å². The number of anilines is 1. The standard InChI is InChI=1S/C20H16ClNO3S2/c1-12-2-4-13(5-3-12)16-10-18(23)22-19-17(11-26-20(16)19)27(24,25)15-8-6-14(21)7-9-15/h2-9,11,16H,10H2,1H3,(H,22,23)/t16-/m1/s1. The smallest absolute Gasteiger partial charge is 0.225 e. The van der Waals surface area contributed by atoms with Gasteiger partial charge in [0, 0.05) is 27.6 Å². The number of amides is 1. The van der Waals surface area contributed by atoms with E-state index in [1.165, 1.54) is 23.5 Å². The maximum absolute atomic E-state index is 13.1. The minimum absolute atomic E-state index is 0.134. The Hall–Kier alpha value is -2.15. The summed E-state index contributed by atoms with van der Waals surface area (Å²) < 4.78 is 26.2. The quantitative estimate of drug-likeness (QED) is 0.651. The van der Waals surface area contributed by atoms with E-state index >= 15 is 0 Å². The maximum Gasteiger partial charge on any atom is 0.225 e. The van der Waals surface area contributed by atoms with Crippen LogP contribution in [-0.2, 0) is 14.6 Å². The van der Waals surface area contributed by atoms with Crippen LogP contribution in [0.5, 0.6) is 0 Å². The molecule has 0 saturated heterocycles. The molecule has 2 heterocycles. The highest BCUT2D eigenvalue weighted by Crippen LogP contribution is 2.45. The first kappa shape index (κ1) is 18.2. The van der Waals surface area contributed by atoms with Gasteiger partial charge in [0.05, 0.1) is 10.6 Å². The van der Waals surface area contributed by atoms with Crippen LogP contribution in [0.3, 0.4) is 0 Å². The molecular formula is C20H16ClNO3S2. The van der Waals surface area contributed by atoms with Crippen molar-refractivity contribution in [2.24, 2.45) is 0 Å². The Kier molecular flexibility index (Phi) is 4.58. The van der Waals surface area contributed by atoms with Crippen LogP contribution in [0, 0.1) is 6.92 Å². The Balaban J connectivity index is 1.82. The molecule has 138 valence electrons. The van der Waals surface area contributed by atoms with E-state index in [-0.39, 0.29) is 21.6 Å². The summed E-state index contributed by atoms with van der Waals surface area (Å²) in [6.45, 7) is 2.00. The second-order valence-corrected chi connectivity index (χ2v) is 9.78. The van der Waals surface area contributed by atoms with Crippen molar-refractivity contribution in [3.63, 3.8) is 0 Å². The number of carbonyl (C=O) groups excluding carboxylic acids is 1. The summed E-state index contributed by atoms with van der Waals surface area (Å²) >= 11 is 7.24. The van der Waals surface area contributed by atoms with Gasteiger partial charge in [-0.05, 0) is 36.8 Å². The molecule has 4 nitrogen and oxygen atoms in total. The van der Waals surface area contributed by atoms with Crippen LogP contribution in [-0.4, -0.2) is 14.3 Å². The van der Waals surface area contributed by atoms with Gasteiger partial charge in [0.25, 0.3) is 0 Å². The Morgan fingerprint density at radius 1 is 1.07 bits per heavy atom. The highest BCUT2D eigenvalue weighted by atomic mass is 35.5. The predicted octanol–water partition coefficient (Wildman–Crippen LogP) is 5.02. The van der Waals surface area contributed by atoms with Gasteiger partial charge in [0.15, 0.2) is 0 Å². The number of rotatable bonds is 3. The zero-order valence-corrected chi connectivity index (χ0v) is 16.8. The van der Waals surface area contributed by atoms with E-state index < -0.39 is 9.84 Å². The average Bonchev–Trinajstić information content (AvgIpc) is 3.06. The van der Waals surface area contributed by atoms with E-state index in [4.69, 9.17) is 11.6 Å². The normalized spacial score (nSPS) is 16.7. The lowest BCUT2D eigenvalue weighted by atomic mass is 9.90. The van der Waals surface area contributed by atoms with E-state index in [0.717, 1.165) is 16.0 Å². The maximum atomic E-state index is 13.1. The molecule has 2 aromatic carbocycles. The largest absolute Gasteiger partial charge is 0.324 e. The average molecular weight is 418 g/mol. The Morgan fingerprint density at radius 3 is 2.41 bits per heavy atom. The third-order valence-electron chi connectivity index (χ3n) is 4.65. The molecule has 7 heteroatoms. The van der Waals surface area contributed by atoms with Crippen LogP contribution >= 0.6 is 22.9 Å². The van der Waals surface area contributed by atoms with Gasteiger partial charge in [-0.15, -0.1) is 11.3 Å². The number of hydrogen-bond acceptors (Lipinski definition) is 4. The lowest BCUT2D eigenvalue weighted by molar-refractivity contribution is -0.116. The topological polar surface area (TPSA) is 63.2 Å². The van der Waals surface area contributed by atoms with E-state index in [0.29, 0.717) is 17.1 Å². The Bertz CT molecular complexity index is 1120. The van der Waals surface area contributed by atoms with Gasteiger partial charge in [-0.2, -0.15) is 0 Å². The highest BCUT2D eigenvalue weighted by molar-refractivity contribution is 7.91. The van der Waals surface area contributed by atoms with Gasteiger partial charge in [-0.1, -0.05) is 41.4 Å². The number of benzene rings is 2. The van der Waals surface area contributed by atoms with Gasteiger partial charge in [-0.25, -0.2) is 8.42 Å². The summed E-state index contributed by atoms with van der Waals surface area (Å²) in [6.07, 6.45) is 0.303. The second-order valence-electron chi connectivity index (χ2n) is 6.51. The van der Waals surface area contributed by atoms with Crippen LogP contribution in [0.2, 0.25) is 5.02 Å². The minimum Gasteiger partial charge on any atom is -0.324 e. The van der Waals surface area contributed by atoms with Crippen LogP contribution in [0.4, 0.5) is 5.69 Å². The van der Waals surface area contributed by atoms with Crippen LogP contribution in [0.15, 0.2) is 63.7 Å². The van der Waals surface area contributed by atoms with Gasteiger partial charge in [0.1, 0.15) is 4.90 Å². The summed E-state index contributed by atoms with van der Waals surface area (Å²) in [6, 6.07) is 14.0.